The van der Waals surface area contributed by atoms with Crippen LogP contribution < -0.4 is 0 Å². The van der Waals surface area contributed by atoms with Crippen molar-refractivity contribution in [3.8, 4) is 0 Å². The fraction of sp³-hybridized carbons (Fsp3) is 0.625. The Labute approximate surface area is 75.8 Å². The molecule has 1 N–H and O–H groups in total. The van der Waals surface area contributed by atoms with Gasteiger partial charge < -0.3 is 9.84 Å². The van der Waals surface area contributed by atoms with Gasteiger partial charge in [-0.15, -0.1) is 11.8 Å². The summed E-state index contributed by atoms with van der Waals surface area (Å²) in [6.07, 6.45) is 3.47. The van der Waals surface area contributed by atoms with Crippen molar-refractivity contribution < 1.29 is 14.6 Å². The average Bonchev–Trinajstić information content (AvgIpc) is 2.52. The first kappa shape index (κ1) is 9.61. The van der Waals surface area contributed by atoms with Crippen LogP contribution >= 0.6 is 11.8 Å². The third kappa shape index (κ3) is 2.25. The van der Waals surface area contributed by atoms with Gasteiger partial charge in [-0.05, 0) is 12.8 Å². The van der Waals surface area contributed by atoms with E-state index in [1.165, 1.54) is 18.9 Å². The predicted octanol–water partition coefficient (Wildman–Crippen LogP) is 0.931. The van der Waals surface area contributed by atoms with E-state index >= 15 is 0 Å². The third-order valence-corrected chi connectivity index (χ3v) is 3.05. The second-order valence-corrected chi connectivity index (χ2v) is 3.89. The van der Waals surface area contributed by atoms with Crippen molar-refractivity contribution in [1.82, 2.24) is 0 Å². The SMILES string of the molecule is COC(=O)C1=CCC(CCO)S1. The number of ether oxygens (including phenoxy) is 1. The minimum absolute atomic E-state index is 0.181. The Morgan fingerprint density at radius 2 is 2.67 bits per heavy atom. The molecule has 1 aliphatic rings. The molecular formula is C8H12O3S. The van der Waals surface area contributed by atoms with Crippen molar-refractivity contribution in [3.63, 3.8) is 0 Å². The van der Waals surface area contributed by atoms with Crippen LogP contribution in [-0.4, -0.2) is 30.0 Å². The van der Waals surface area contributed by atoms with Gasteiger partial charge >= 0.3 is 5.97 Å². The van der Waals surface area contributed by atoms with E-state index < -0.39 is 0 Å². The molecule has 1 aliphatic heterocycles. The molecule has 0 bridgehead atoms. The Hall–Kier alpha value is -0.480. The zero-order valence-electron chi connectivity index (χ0n) is 6.95. The summed E-state index contributed by atoms with van der Waals surface area (Å²) in [5.41, 5.74) is 0. The number of methoxy groups -OCH3 is 1. The second-order valence-electron chi connectivity index (χ2n) is 2.55. The van der Waals surface area contributed by atoms with Gasteiger partial charge in [-0.1, -0.05) is 6.08 Å². The van der Waals surface area contributed by atoms with Crippen molar-refractivity contribution in [2.45, 2.75) is 18.1 Å². The van der Waals surface area contributed by atoms with E-state index in [0.29, 0.717) is 10.2 Å². The fourth-order valence-electron chi connectivity index (χ4n) is 1.07. The van der Waals surface area contributed by atoms with Crippen LogP contribution in [0.25, 0.3) is 0 Å². The Balaban J connectivity index is 2.38. The zero-order chi connectivity index (χ0) is 8.97. The standard InChI is InChI=1S/C8H12O3S/c1-11-8(10)7-3-2-6(12-7)4-5-9/h3,6,9H,2,4-5H2,1H3. The van der Waals surface area contributed by atoms with E-state index in [1.54, 1.807) is 0 Å². The summed E-state index contributed by atoms with van der Waals surface area (Å²) in [5, 5.41) is 9.01. The normalized spacial score (nSPS) is 22.2. The van der Waals surface area contributed by atoms with Crippen LogP contribution in [0.3, 0.4) is 0 Å². The fourth-order valence-corrected chi connectivity index (χ4v) is 2.21. The average molecular weight is 188 g/mol. The summed E-state index contributed by atoms with van der Waals surface area (Å²) in [5.74, 6) is -0.263. The predicted molar refractivity (Wildman–Crippen MR) is 47.8 cm³/mol. The van der Waals surface area contributed by atoms with Gasteiger partial charge in [0.2, 0.25) is 0 Å². The molecule has 4 heteroatoms. The molecular weight excluding hydrogens is 176 g/mol. The molecule has 0 aliphatic carbocycles. The molecule has 0 aromatic rings. The van der Waals surface area contributed by atoms with Gasteiger partial charge in [0.05, 0.1) is 12.0 Å². The maximum atomic E-state index is 11.0. The molecule has 0 fully saturated rings. The minimum Gasteiger partial charge on any atom is -0.465 e. The second kappa shape index (κ2) is 4.52. The monoisotopic (exact) mass is 188 g/mol. The topological polar surface area (TPSA) is 46.5 Å². The third-order valence-electron chi connectivity index (χ3n) is 1.70. The highest BCUT2D eigenvalue weighted by molar-refractivity contribution is 8.04. The highest BCUT2D eigenvalue weighted by atomic mass is 32.2. The molecule has 0 amide bonds. The molecule has 0 aromatic heterocycles. The van der Waals surface area contributed by atoms with Crippen LogP contribution in [0.15, 0.2) is 11.0 Å². The quantitative estimate of drug-likeness (QED) is 0.669. The van der Waals surface area contributed by atoms with Gasteiger partial charge in [-0.25, -0.2) is 4.79 Å². The number of carbonyl (C=O) groups is 1. The number of aliphatic hydroxyl groups excluding tert-OH is 1. The number of rotatable bonds is 3. The van der Waals surface area contributed by atoms with E-state index in [4.69, 9.17) is 5.11 Å². The first-order valence-electron chi connectivity index (χ1n) is 3.84. The molecule has 0 radical (unpaired) electrons. The van der Waals surface area contributed by atoms with Crippen LogP contribution in [0, 0.1) is 0 Å². The molecule has 0 saturated heterocycles. The van der Waals surface area contributed by atoms with Crippen LogP contribution in [-0.2, 0) is 9.53 Å². The summed E-state index contributed by atoms with van der Waals surface area (Å²) in [4.78, 5) is 11.7. The van der Waals surface area contributed by atoms with Gasteiger partial charge in [0.1, 0.15) is 0 Å². The maximum Gasteiger partial charge on any atom is 0.344 e. The summed E-state index contributed by atoms with van der Waals surface area (Å²) >= 11 is 1.49. The molecule has 0 aromatic carbocycles. The number of allylic oxidation sites excluding steroid dienone is 1. The number of aliphatic hydroxyl groups is 1. The van der Waals surface area contributed by atoms with Crippen LogP contribution in [0.4, 0.5) is 0 Å². The van der Waals surface area contributed by atoms with Gasteiger partial charge in [0, 0.05) is 11.9 Å². The van der Waals surface area contributed by atoms with Crippen molar-refractivity contribution in [2.75, 3.05) is 13.7 Å². The number of hydrogen-bond acceptors (Lipinski definition) is 4. The molecule has 1 rings (SSSR count). The number of thioether (sulfide) groups is 1. The lowest BCUT2D eigenvalue weighted by Gasteiger charge is -2.05. The Kier molecular flexibility index (Phi) is 3.62. The molecule has 3 nitrogen and oxygen atoms in total. The van der Waals surface area contributed by atoms with Gasteiger partial charge in [-0.3, -0.25) is 0 Å². The molecule has 68 valence electrons. The van der Waals surface area contributed by atoms with Gasteiger partial charge in [-0.2, -0.15) is 0 Å². The highest BCUT2D eigenvalue weighted by Crippen LogP contribution is 2.34. The lowest BCUT2D eigenvalue weighted by Crippen LogP contribution is -2.03. The smallest absolute Gasteiger partial charge is 0.344 e. The van der Waals surface area contributed by atoms with Gasteiger partial charge in [0.15, 0.2) is 0 Å². The number of esters is 1. The maximum absolute atomic E-state index is 11.0. The van der Waals surface area contributed by atoms with E-state index in [0.717, 1.165) is 12.8 Å². The van der Waals surface area contributed by atoms with Crippen LogP contribution in [0.5, 0.6) is 0 Å². The van der Waals surface area contributed by atoms with Gasteiger partial charge in [0.25, 0.3) is 0 Å². The lowest BCUT2D eigenvalue weighted by molar-refractivity contribution is -0.135. The number of hydrogen-bond donors (Lipinski definition) is 1. The largest absolute Gasteiger partial charge is 0.465 e. The zero-order valence-corrected chi connectivity index (χ0v) is 7.76. The Bertz CT molecular complexity index is 200. The van der Waals surface area contributed by atoms with E-state index in [-0.39, 0.29) is 12.6 Å². The van der Waals surface area contributed by atoms with Crippen LogP contribution in [0.2, 0.25) is 0 Å². The van der Waals surface area contributed by atoms with Crippen molar-refractivity contribution in [2.24, 2.45) is 0 Å². The summed E-state index contributed by atoms with van der Waals surface area (Å²) in [6, 6.07) is 0. The first-order valence-corrected chi connectivity index (χ1v) is 4.72. The molecule has 1 heterocycles. The lowest BCUT2D eigenvalue weighted by atomic mass is 10.2. The highest BCUT2D eigenvalue weighted by Gasteiger charge is 2.22. The van der Waals surface area contributed by atoms with E-state index in [2.05, 4.69) is 4.74 Å². The Morgan fingerprint density at radius 3 is 3.25 bits per heavy atom. The van der Waals surface area contributed by atoms with Crippen molar-refractivity contribution in [3.05, 3.63) is 11.0 Å². The summed E-state index contributed by atoms with van der Waals surface area (Å²) < 4.78 is 4.57. The first-order chi connectivity index (χ1) is 5.77. The number of carbonyl (C=O) groups excluding carboxylic acids is 1. The van der Waals surface area contributed by atoms with Crippen molar-refractivity contribution in [1.29, 1.82) is 0 Å². The Morgan fingerprint density at radius 1 is 1.92 bits per heavy atom. The molecule has 0 spiro atoms. The molecule has 1 atom stereocenters. The van der Waals surface area contributed by atoms with E-state index in [9.17, 15) is 4.79 Å². The summed E-state index contributed by atoms with van der Waals surface area (Å²) in [7, 11) is 1.38. The van der Waals surface area contributed by atoms with E-state index in [1.807, 2.05) is 6.08 Å². The van der Waals surface area contributed by atoms with Crippen LogP contribution in [0.1, 0.15) is 12.8 Å². The summed E-state index contributed by atoms with van der Waals surface area (Å²) in [6.45, 7) is 0.181. The van der Waals surface area contributed by atoms with Crippen molar-refractivity contribution >= 4 is 17.7 Å². The molecule has 12 heavy (non-hydrogen) atoms. The molecule has 0 saturated carbocycles. The molecule has 1 unspecified atom stereocenters. The minimum atomic E-state index is -0.263.